The molecule has 0 radical (unpaired) electrons. The van der Waals surface area contributed by atoms with Crippen LogP contribution in [0, 0.1) is 0 Å². The number of nitrogens with zero attached hydrogens (tertiary/aromatic N) is 4. The zero-order chi connectivity index (χ0) is 19.9. The predicted molar refractivity (Wildman–Crippen MR) is 121 cm³/mol. The molecule has 0 aliphatic rings. The lowest BCUT2D eigenvalue weighted by atomic mass is 10.1. The Morgan fingerprint density at radius 3 is 2.37 bits per heavy atom. The van der Waals surface area contributed by atoms with Crippen molar-refractivity contribution >= 4 is 32.6 Å². The standard InChI is InChI=1S/C26H16N4/c1-2-4-23-17(3-1)7-9-24(29-23)19-8-10-25-22(14-19)16-28-26(30-25)20-5-6-21-15-27-12-11-18(21)13-20/h1-16H. The fourth-order valence-electron chi connectivity index (χ4n) is 3.78. The Labute approximate surface area is 172 Å². The highest BCUT2D eigenvalue weighted by Gasteiger charge is 2.07. The van der Waals surface area contributed by atoms with Crippen LogP contribution in [0.5, 0.6) is 0 Å². The molecule has 0 saturated heterocycles. The molecule has 30 heavy (non-hydrogen) atoms. The lowest BCUT2D eigenvalue weighted by Gasteiger charge is -2.07. The van der Waals surface area contributed by atoms with Gasteiger partial charge < -0.3 is 0 Å². The fraction of sp³-hybridized carbons (Fsp3) is 0. The molecular formula is C26H16N4. The highest BCUT2D eigenvalue weighted by molar-refractivity contribution is 5.88. The van der Waals surface area contributed by atoms with Crippen LogP contribution in [0.3, 0.4) is 0 Å². The first kappa shape index (κ1) is 16.7. The van der Waals surface area contributed by atoms with Crippen molar-refractivity contribution < 1.29 is 0 Å². The van der Waals surface area contributed by atoms with Crippen molar-refractivity contribution in [1.29, 1.82) is 0 Å². The summed E-state index contributed by atoms with van der Waals surface area (Å²) in [5, 5.41) is 4.37. The van der Waals surface area contributed by atoms with Crippen LogP contribution in [0.2, 0.25) is 0 Å². The molecule has 0 atom stereocenters. The molecule has 3 aromatic carbocycles. The first-order valence-electron chi connectivity index (χ1n) is 9.81. The van der Waals surface area contributed by atoms with E-state index in [1.807, 2.05) is 48.8 Å². The van der Waals surface area contributed by atoms with Crippen molar-refractivity contribution in [2.45, 2.75) is 0 Å². The van der Waals surface area contributed by atoms with Crippen molar-refractivity contribution in [2.75, 3.05) is 0 Å². The molecule has 3 heterocycles. The summed E-state index contributed by atoms with van der Waals surface area (Å²) in [5.74, 6) is 0.720. The van der Waals surface area contributed by atoms with Gasteiger partial charge in [0.1, 0.15) is 0 Å². The van der Waals surface area contributed by atoms with E-state index in [4.69, 9.17) is 9.97 Å². The van der Waals surface area contributed by atoms with Crippen molar-refractivity contribution in [3.8, 4) is 22.6 Å². The minimum Gasteiger partial charge on any atom is -0.264 e. The van der Waals surface area contributed by atoms with E-state index < -0.39 is 0 Å². The maximum atomic E-state index is 4.80. The monoisotopic (exact) mass is 384 g/mol. The summed E-state index contributed by atoms with van der Waals surface area (Å²) in [7, 11) is 0. The molecule has 0 fully saturated rings. The van der Waals surface area contributed by atoms with Crippen LogP contribution >= 0.6 is 0 Å². The van der Waals surface area contributed by atoms with E-state index in [9.17, 15) is 0 Å². The normalized spacial score (nSPS) is 11.3. The molecule has 0 spiro atoms. The Bertz CT molecular complexity index is 1440. The van der Waals surface area contributed by atoms with Gasteiger partial charge in [-0.25, -0.2) is 15.0 Å². The van der Waals surface area contributed by atoms with Gasteiger partial charge in [-0.2, -0.15) is 0 Å². The number of pyridine rings is 2. The Morgan fingerprint density at radius 1 is 0.533 bits per heavy atom. The number of hydrogen-bond acceptors (Lipinski definition) is 4. The molecule has 140 valence electrons. The van der Waals surface area contributed by atoms with Crippen LogP contribution in [0.1, 0.15) is 0 Å². The molecule has 0 bridgehead atoms. The molecule has 0 N–H and O–H groups in total. The molecule has 6 rings (SSSR count). The summed E-state index contributed by atoms with van der Waals surface area (Å²) < 4.78 is 0. The Kier molecular flexibility index (Phi) is 3.74. The summed E-state index contributed by atoms with van der Waals surface area (Å²) >= 11 is 0. The maximum Gasteiger partial charge on any atom is 0.159 e. The fourth-order valence-corrected chi connectivity index (χ4v) is 3.78. The molecular weight excluding hydrogens is 368 g/mol. The predicted octanol–water partition coefficient (Wildman–Crippen LogP) is 6.06. The van der Waals surface area contributed by atoms with Crippen LogP contribution in [-0.4, -0.2) is 19.9 Å². The third-order valence-corrected chi connectivity index (χ3v) is 5.37. The lowest BCUT2D eigenvalue weighted by molar-refractivity contribution is 1.23. The maximum absolute atomic E-state index is 4.80. The summed E-state index contributed by atoms with van der Waals surface area (Å²) in [5.41, 5.74) is 4.91. The molecule has 4 nitrogen and oxygen atoms in total. The van der Waals surface area contributed by atoms with Gasteiger partial charge >= 0.3 is 0 Å². The van der Waals surface area contributed by atoms with Crippen LogP contribution in [0.25, 0.3) is 55.2 Å². The minimum atomic E-state index is 0.720. The number of hydrogen-bond donors (Lipinski definition) is 0. The Balaban J connectivity index is 1.41. The summed E-state index contributed by atoms with van der Waals surface area (Å²) in [4.78, 5) is 18.4. The van der Waals surface area contributed by atoms with Crippen molar-refractivity contribution in [2.24, 2.45) is 0 Å². The van der Waals surface area contributed by atoms with Crippen molar-refractivity contribution in [3.05, 3.63) is 97.5 Å². The first-order valence-corrected chi connectivity index (χ1v) is 9.81. The lowest BCUT2D eigenvalue weighted by Crippen LogP contribution is -1.91. The van der Waals surface area contributed by atoms with Gasteiger partial charge in [0.05, 0.1) is 16.7 Å². The van der Waals surface area contributed by atoms with Crippen LogP contribution in [0.15, 0.2) is 97.5 Å². The highest BCUT2D eigenvalue weighted by atomic mass is 14.9. The summed E-state index contributed by atoms with van der Waals surface area (Å²) in [6, 6.07) is 26.7. The van der Waals surface area contributed by atoms with Gasteiger partial charge in [-0.1, -0.05) is 42.5 Å². The van der Waals surface area contributed by atoms with Crippen molar-refractivity contribution in [3.63, 3.8) is 0 Å². The topological polar surface area (TPSA) is 51.6 Å². The van der Waals surface area contributed by atoms with Gasteiger partial charge in [-0.3, -0.25) is 4.98 Å². The van der Waals surface area contributed by atoms with E-state index in [0.29, 0.717) is 0 Å². The largest absolute Gasteiger partial charge is 0.264 e. The number of fused-ring (bicyclic) bond motifs is 3. The molecule has 0 amide bonds. The summed E-state index contributed by atoms with van der Waals surface area (Å²) in [6.45, 7) is 0. The number of rotatable bonds is 2. The minimum absolute atomic E-state index is 0.720. The Morgan fingerprint density at radius 2 is 1.37 bits per heavy atom. The zero-order valence-electron chi connectivity index (χ0n) is 16.0. The second-order valence-corrected chi connectivity index (χ2v) is 7.29. The van der Waals surface area contributed by atoms with Gasteiger partial charge in [0, 0.05) is 45.9 Å². The van der Waals surface area contributed by atoms with Crippen LogP contribution in [-0.2, 0) is 0 Å². The number of para-hydroxylation sites is 1. The molecule has 0 saturated carbocycles. The van der Waals surface area contributed by atoms with E-state index in [2.05, 4.69) is 52.4 Å². The number of benzene rings is 3. The third kappa shape index (κ3) is 2.86. The number of aromatic nitrogens is 4. The van der Waals surface area contributed by atoms with Gasteiger partial charge in [0.2, 0.25) is 0 Å². The summed E-state index contributed by atoms with van der Waals surface area (Å²) in [6.07, 6.45) is 5.55. The van der Waals surface area contributed by atoms with E-state index >= 15 is 0 Å². The molecule has 0 aliphatic heterocycles. The van der Waals surface area contributed by atoms with Gasteiger partial charge in [0.25, 0.3) is 0 Å². The first-order chi connectivity index (χ1) is 14.8. The van der Waals surface area contributed by atoms with Crippen molar-refractivity contribution in [1.82, 2.24) is 19.9 Å². The van der Waals surface area contributed by atoms with E-state index in [-0.39, 0.29) is 0 Å². The Hall–Kier alpha value is -4.18. The second-order valence-electron chi connectivity index (χ2n) is 7.29. The molecule has 4 heteroatoms. The molecule has 6 aromatic rings. The van der Waals surface area contributed by atoms with E-state index in [1.54, 1.807) is 6.20 Å². The van der Waals surface area contributed by atoms with E-state index in [0.717, 1.165) is 55.2 Å². The zero-order valence-corrected chi connectivity index (χ0v) is 16.0. The molecule has 0 aliphatic carbocycles. The average molecular weight is 384 g/mol. The highest BCUT2D eigenvalue weighted by Crippen LogP contribution is 2.26. The second kappa shape index (κ2) is 6.71. The van der Waals surface area contributed by atoms with Gasteiger partial charge in [-0.15, -0.1) is 0 Å². The smallest absolute Gasteiger partial charge is 0.159 e. The van der Waals surface area contributed by atoms with Crippen LogP contribution in [0.4, 0.5) is 0 Å². The SMILES string of the molecule is c1ccc2nc(-c3ccc4nc(-c5ccc6cnccc6c5)ncc4c3)ccc2c1. The average Bonchev–Trinajstić information content (AvgIpc) is 2.83. The van der Waals surface area contributed by atoms with Crippen LogP contribution < -0.4 is 0 Å². The van der Waals surface area contributed by atoms with E-state index in [1.165, 1.54) is 0 Å². The molecule has 0 unspecified atom stereocenters. The quantitative estimate of drug-likeness (QED) is 0.364. The van der Waals surface area contributed by atoms with Gasteiger partial charge in [0.15, 0.2) is 5.82 Å². The third-order valence-electron chi connectivity index (χ3n) is 5.37. The van der Waals surface area contributed by atoms with Gasteiger partial charge in [-0.05, 0) is 41.8 Å². The molecule has 3 aromatic heterocycles.